The number of likely N-dealkylation sites (N-methyl/N-ethyl adjacent to an activating group) is 1. The lowest BCUT2D eigenvalue weighted by Gasteiger charge is -2.47. The second-order valence-electron chi connectivity index (χ2n) is 9.78. The molecule has 2 amide bonds. The van der Waals surface area contributed by atoms with Gasteiger partial charge in [-0.1, -0.05) is 6.92 Å². The number of likely N-dealkylation sites (tertiary alicyclic amines) is 1. The lowest BCUT2D eigenvalue weighted by atomic mass is 9.79. The largest absolute Gasteiger partial charge is 0.543 e. The lowest BCUT2D eigenvalue weighted by molar-refractivity contribution is -0.893. The highest BCUT2D eigenvalue weighted by Gasteiger charge is 2.59. The van der Waals surface area contributed by atoms with Gasteiger partial charge in [0.2, 0.25) is 5.91 Å². The number of nitrogens with one attached hydrogen (secondary N) is 1. The molecule has 4 aliphatic rings. The summed E-state index contributed by atoms with van der Waals surface area (Å²) in [5.74, 6) is -2.31. The zero-order chi connectivity index (χ0) is 22.7. The number of carbonyl (C=O) groups excluding carboxylic acids is 3. The Morgan fingerprint density at radius 3 is 2.52 bits per heavy atom. The van der Waals surface area contributed by atoms with Crippen molar-refractivity contribution in [2.75, 3.05) is 46.8 Å². The highest BCUT2D eigenvalue weighted by molar-refractivity contribution is 8.03. The van der Waals surface area contributed by atoms with Crippen molar-refractivity contribution in [2.45, 2.75) is 43.7 Å². The van der Waals surface area contributed by atoms with Crippen LogP contribution in [0.2, 0.25) is 0 Å². The quantitative estimate of drug-likeness (QED) is 0.373. The number of hydrogen-bond donors (Lipinski definition) is 2. The van der Waals surface area contributed by atoms with E-state index in [4.69, 9.17) is 0 Å². The summed E-state index contributed by atoms with van der Waals surface area (Å²) in [5, 5.41) is 25.3. The van der Waals surface area contributed by atoms with Gasteiger partial charge in [-0.25, -0.2) is 0 Å². The summed E-state index contributed by atoms with van der Waals surface area (Å²) in [6, 6.07) is -0.506. The molecular formula is C21H32N4O5S. The van der Waals surface area contributed by atoms with Gasteiger partial charge in [0.15, 0.2) is 6.04 Å². The number of aliphatic carboxylic acids is 1. The Morgan fingerprint density at radius 1 is 1.29 bits per heavy atom. The Hall–Kier alpha value is -1.62. The minimum Gasteiger partial charge on any atom is -0.543 e. The van der Waals surface area contributed by atoms with Crippen molar-refractivity contribution in [3.63, 3.8) is 0 Å². The summed E-state index contributed by atoms with van der Waals surface area (Å²) < 4.78 is 0.561. The van der Waals surface area contributed by atoms with E-state index in [1.807, 2.05) is 11.8 Å². The molecule has 4 rings (SSSR count). The fourth-order valence-corrected chi connectivity index (χ4v) is 7.43. The number of amides is 2. The third kappa shape index (κ3) is 3.67. The first kappa shape index (κ1) is 22.6. The predicted octanol–water partition coefficient (Wildman–Crippen LogP) is -1.81. The molecule has 31 heavy (non-hydrogen) atoms. The predicted molar refractivity (Wildman–Crippen MR) is 113 cm³/mol. The first-order chi connectivity index (χ1) is 14.5. The number of carbonyl (C=O) groups is 3. The van der Waals surface area contributed by atoms with E-state index >= 15 is 0 Å². The maximum atomic E-state index is 13.2. The number of carboxylic acids is 1. The number of fused-ring (bicyclic) bond motifs is 1. The van der Waals surface area contributed by atoms with Crippen LogP contribution in [0.1, 0.15) is 20.3 Å². The smallest absolute Gasteiger partial charge is 0.281 e. The van der Waals surface area contributed by atoms with Gasteiger partial charge in [-0.3, -0.25) is 9.59 Å². The molecule has 0 bridgehead atoms. The second kappa shape index (κ2) is 8.06. The molecule has 0 aromatic carbocycles. The van der Waals surface area contributed by atoms with Gasteiger partial charge in [-0.05, 0) is 6.92 Å². The van der Waals surface area contributed by atoms with Gasteiger partial charge in [0.1, 0.15) is 0 Å². The SMILES string of the molecule is C[C@@H](O)[C@H]1C(=O)N2C(C(=O)[O-])=C(S[C@H]3C[C@@H](C(=O)N4CCNCC4)[N+](C)(C)C3)[C@H](C)[C@H]12. The first-order valence-electron chi connectivity index (χ1n) is 11.0. The number of β-lactam (4-membered cyclic amide) rings is 1. The van der Waals surface area contributed by atoms with Gasteiger partial charge in [0, 0.05) is 43.4 Å². The Morgan fingerprint density at radius 2 is 1.94 bits per heavy atom. The minimum atomic E-state index is -1.35. The zero-order valence-corrected chi connectivity index (χ0v) is 19.4. The Labute approximate surface area is 187 Å². The number of thioether (sulfide) groups is 1. The lowest BCUT2D eigenvalue weighted by Crippen LogP contribution is -2.64. The van der Waals surface area contributed by atoms with Crippen molar-refractivity contribution in [2.24, 2.45) is 11.8 Å². The van der Waals surface area contributed by atoms with E-state index in [1.54, 1.807) is 6.92 Å². The molecule has 4 aliphatic heterocycles. The van der Waals surface area contributed by atoms with E-state index < -0.39 is 18.0 Å². The van der Waals surface area contributed by atoms with Gasteiger partial charge >= 0.3 is 0 Å². The fourth-order valence-electron chi connectivity index (χ4n) is 5.69. The summed E-state index contributed by atoms with van der Waals surface area (Å²) >= 11 is 1.48. The number of hydrogen-bond acceptors (Lipinski definition) is 7. The average Bonchev–Trinajstić information content (AvgIpc) is 3.13. The third-order valence-electron chi connectivity index (χ3n) is 7.31. The zero-order valence-electron chi connectivity index (χ0n) is 18.5. The van der Waals surface area contributed by atoms with Crippen molar-refractivity contribution < 1.29 is 29.1 Å². The van der Waals surface area contributed by atoms with E-state index in [-0.39, 0.29) is 40.8 Å². The molecule has 6 atom stereocenters. The topological polar surface area (TPSA) is 113 Å². The summed E-state index contributed by atoms with van der Waals surface area (Å²) in [6.45, 7) is 7.25. The fraction of sp³-hybridized carbons (Fsp3) is 0.762. The second-order valence-corrected chi connectivity index (χ2v) is 11.1. The maximum Gasteiger partial charge on any atom is 0.281 e. The van der Waals surface area contributed by atoms with E-state index in [1.165, 1.54) is 16.7 Å². The molecule has 0 spiro atoms. The molecule has 2 N–H and O–H groups in total. The average molecular weight is 453 g/mol. The number of aliphatic hydroxyl groups is 1. The van der Waals surface area contributed by atoms with Crippen molar-refractivity contribution in [3.8, 4) is 0 Å². The summed E-state index contributed by atoms with van der Waals surface area (Å²) in [6.07, 6.45) is -0.165. The van der Waals surface area contributed by atoms with Crippen LogP contribution in [0.3, 0.4) is 0 Å². The standard InChI is InChI=1S/C21H32N4O5S/c1-11-16-15(12(2)26)20(28)24(16)17(21(29)30)18(11)31-13-9-14(25(3,4)10-13)19(27)23-7-5-22-6-8-23/h11-16,22,26H,5-10H2,1-4H3/t11-,12-,13+,14+,15-,16-/m1/s1. The normalized spacial score (nSPS) is 35.8. The van der Waals surface area contributed by atoms with Crippen LogP contribution in [0.5, 0.6) is 0 Å². The molecule has 9 nitrogen and oxygen atoms in total. The van der Waals surface area contributed by atoms with Gasteiger partial charge in [-0.15, -0.1) is 11.8 Å². The molecule has 0 aliphatic carbocycles. The van der Waals surface area contributed by atoms with Crippen molar-refractivity contribution in [1.29, 1.82) is 0 Å². The van der Waals surface area contributed by atoms with E-state index in [0.717, 1.165) is 19.6 Å². The van der Waals surface area contributed by atoms with Crippen LogP contribution in [0.25, 0.3) is 0 Å². The van der Waals surface area contributed by atoms with E-state index in [0.29, 0.717) is 28.9 Å². The molecule has 0 saturated carbocycles. The van der Waals surface area contributed by atoms with Gasteiger partial charge < -0.3 is 34.6 Å². The molecule has 3 fully saturated rings. The number of nitrogens with zero attached hydrogens (tertiary/aromatic N) is 3. The van der Waals surface area contributed by atoms with Crippen LogP contribution in [-0.2, 0) is 14.4 Å². The molecule has 172 valence electrons. The van der Waals surface area contributed by atoms with E-state index in [9.17, 15) is 24.6 Å². The van der Waals surface area contributed by atoms with Gasteiger partial charge in [0.25, 0.3) is 5.91 Å². The number of quaternary nitrogens is 1. The molecular weight excluding hydrogens is 420 g/mol. The molecule has 10 heteroatoms. The van der Waals surface area contributed by atoms with Crippen LogP contribution in [0.15, 0.2) is 10.6 Å². The highest BCUT2D eigenvalue weighted by atomic mass is 32.2. The van der Waals surface area contributed by atoms with Gasteiger partial charge in [0.05, 0.1) is 55.6 Å². The molecule has 0 aromatic rings. The minimum absolute atomic E-state index is 0.0495. The van der Waals surface area contributed by atoms with Gasteiger partial charge in [-0.2, -0.15) is 0 Å². The van der Waals surface area contributed by atoms with Crippen molar-refractivity contribution in [1.82, 2.24) is 15.1 Å². The first-order valence-corrected chi connectivity index (χ1v) is 11.9. The Kier molecular flexibility index (Phi) is 5.87. The number of aliphatic hydroxyl groups excluding tert-OH is 1. The Bertz CT molecular complexity index is 823. The maximum absolute atomic E-state index is 13.2. The molecule has 3 saturated heterocycles. The number of piperazine rings is 1. The third-order valence-corrected chi connectivity index (χ3v) is 8.81. The molecule has 4 heterocycles. The highest BCUT2D eigenvalue weighted by Crippen LogP contribution is 2.52. The number of rotatable bonds is 5. The summed E-state index contributed by atoms with van der Waals surface area (Å²) in [4.78, 5) is 41.5. The monoisotopic (exact) mass is 452 g/mol. The summed E-state index contributed by atoms with van der Waals surface area (Å²) in [7, 11) is 4.11. The van der Waals surface area contributed by atoms with Crippen molar-refractivity contribution in [3.05, 3.63) is 10.6 Å². The van der Waals surface area contributed by atoms with Crippen LogP contribution in [-0.4, -0.2) is 107 Å². The molecule has 0 aromatic heterocycles. The molecule has 0 unspecified atom stereocenters. The van der Waals surface area contributed by atoms with Crippen LogP contribution in [0.4, 0.5) is 0 Å². The molecule has 0 radical (unpaired) electrons. The summed E-state index contributed by atoms with van der Waals surface area (Å²) in [5.41, 5.74) is -0.0495. The van der Waals surface area contributed by atoms with Crippen molar-refractivity contribution >= 4 is 29.5 Å². The number of carboxylic acid groups (broad SMARTS) is 1. The van der Waals surface area contributed by atoms with E-state index in [2.05, 4.69) is 19.4 Å². The Balaban J connectivity index is 1.53. The van der Waals surface area contributed by atoms with Crippen LogP contribution in [0, 0.1) is 11.8 Å². The van der Waals surface area contributed by atoms with Crippen LogP contribution >= 0.6 is 11.8 Å². The van der Waals surface area contributed by atoms with Crippen LogP contribution < -0.4 is 10.4 Å².